The number of nitrogen functional groups attached to an aromatic ring is 1. The van der Waals surface area contributed by atoms with E-state index < -0.39 is 0 Å². The van der Waals surface area contributed by atoms with Crippen LogP contribution in [-0.4, -0.2) is 7.11 Å². The molecule has 1 heterocycles. The van der Waals surface area contributed by atoms with Crippen molar-refractivity contribution in [2.45, 2.75) is 6.92 Å². The molecule has 0 aliphatic rings. The summed E-state index contributed by atoms with van der Waals surface area (Å²) in [4.78, 5) is 12.7. The number of methoxy groups -OCH3 is 1. The van der Waals surface area contributed by atoms with Gasteiger partial charge in [0.1, 0.15) is 17.1 Å². The van der Waals surface area contributed by atoms with Crippen LogP contribution in [0.5, 0.6) is 5.75 Å². The van der Waals surface area contributed by atoms with Crippen LogP contribution in [0, 0.1) is 6.92 Å². The highest BCUT2D eigenvalue weighted by molar-refractivity contribution is 5.84. The summed E-state index contributed by atoms with van der Waals surface area (Å²) < 4.78 is 10.9. The summed E-state index contributed by atoms with van der Waals surface area (Å²) >= 11 is 0. The molecule has 106 valence electrons. The molecular weight excluding hydrogens is 266 g/mol. The number of anilines is 1. The zero-order chi connectivity index (χ0) is 15.0. The van der Waals surface area contributed by atoms with Crippen molar-refractivity contribution in [3.05, 3.63) is 58.4 Å². The lowest BCUT2D eigenvalue weighted by atomic mass is 10.0. The van der Waals surface area contributed by atoms with Crippen LogP contribution in [0.1, 0.15) is 5.76 Å². The van der Waals surface area contributed by atoms with Gasteiger partial charge < -0.3 is 14.9 Å². The average Bonchev–Trinajstić information content (AvgIpc) is 2.48. The normalized spacial score (nSPS) is 10.8. The van der Waals surface area contributed by atoms with Gasteiger partial charge >= 0.3 is 0 Å². The molecule has 1 aromatic heterocycles. The van der Waals surface area contributed by atoms with E-state index >= 15 is 0 Å². The molecule has 0 aliphatic carbocycles. The summed E-state index contributed by atoms with van der Waals surface area (Å²) in [5.41, 5.74) is 8.18. The van der Waals surface area contributed by atoms with Gasteiger partial charge in [-0.15, -0.1) is 0 Å². The van der Waals surface area contributed by atoms with Crippen LogP contribution in [0.4, 0.5) is 5.69 Å². The summed E-state index contributed by atoms with van der Waals surface area (Å²) in [5, 5.41) is 0.535. The van der Waals surface area contributed by atoms with Crippen molar-refractivity contribution in [2.75, 3.05) is 12.8 Å². The second kappa shape index (κ2) is 4.98. The van der Waals surface area contributed by atoms with Crippen molar-refractivity contribution in [1.29, 1.82) is 0 Å². The maximum absolute atomic E-state index is 12.7. The van der Waals surface area contributed by atoms with Gasteiger partial charge in [-0.1, -0.05) is 12.1 Å². The predicted molar refractivity (Wildman–Crippen MR) is 83.6 cm³/mol. The van der Waals surface area contributed by atoms with E-state index in [4.69, 9.17) is 14.9 Å². The number of hydrogen-bond donors (Lipinski definition) is 1. The molecule has 0 spiro atoms. The molecule has 3 rings (SSSR count). The number of ether oxygens (including phenoxy) is 1. The minimum Gasteiger partial charge on any atom is -0.497 e. The van der Waals surface area contributed by atoms with Gasteiger partial charge in [-0.2, -0.15) is 0 Å². The van der Waals surface area contributed by atoms with Gasteiger partial charge in [0.25, 0.3) is 0 Å². The lowest BCUT2D eigenvalue weighted by Crippen LogP contribution is -2.07. The molecule has 2 N–H and O–H groups in total. The molecule has 4 nitrogen and oxygen atoms in total. The van der Waals surface area contributed by atoms with Gasteiger partial charge in [0.15, 0.2) is 0 Å². The van der Waals surface area contributed by atoms with Crippen molar-refractivity contribution < 1.29 is 9.15 Å². The van der Waals surface area contributed by atoms with Gasteiger partial charge in [0, 0.05) is 11.8 Å². The minimum absolute atomic E-state index is 0.0545. The molecule has 4 heteroatoms. The first kappa shape index (κ1) is 13.2. The van der Waals surface area contributed by atoms with Crippen molar-refractivity contribution >= 4 is 16.7 Å². The van der Waals surface area contributed by atoms with Gasteiger partial charge in [0.05, 0.1) is 18.1 Å². The Morgan fingerprint density at radius 1 is 1.10 bits per heavy atom. The molecular formula is C17H15NO3. The third kappa shape index (κ3) is 2.25. The Labute approximate surface area is 121 Å². The fraction of sp³-hybridized carbons (Fsp3) is 0.118. The van der Waals surface area contributed by atoms with E-state index in [9.17, 15) is 4.79 Å². The second-order valence-corrected chi connectivity index (χ2v) is 4.85. The molecule has 21 heavy (non-hydrogen) atoms. The zero-order valence-electron chi connectivity index (χ0n) is 11.8. The average molecular weight is 281 g/mol. The molecule has 3 aromatic rings. The van der Waals surface area contributed by atoms with Gasteiger partial charge in [0.2, 0.25) is 5.43 Å². The zero-order valence-corrected chi connectivity index (χ0v) is 11.8. The second-order valence-electron chi connectivity index (χ2n) is 4.85. The third-order valence-corrected chi connectivity index (χ3v) is 3.47. The highest BCUT2D eigenvalue weighted by atomic mass is 16.5. The first-order valence-electron chi connectivity index (χ1n) is 6.57. The van der Waals surface area contributed by atoms with Crippen LogP contribution in [0.3, 0.4) is 0 Å². The van der Waals surface area contributed by atoms with Gasteiger partial charge in [-0.05, 0) is 36.8 Å². The topological polar surface area (TPSA) is 65.5 Å². The van der Waals surface area contributed by atoms with E-state index in [2.05, 4.69) is 0 Å². The Morgan fingerprint density at radius 3 is 2.48 bits per heavy atom. The largest absolute Gasteiger partial charge is 0.497 e. The van der Waals surface area contributed by atoms with E-state index in [1.165, 1.54) is 0 Å². The molecule has 0 bridgehead atoms. The number of aryl methyl sites for hydroxylation is 1. The van der Waals surface area contributed by atoms with E-state index in [1.54, 1.807) is 44.4 Å². The Kier molecular flexibility index (Phi) is 3.14. The van der Waals surface area contributed by atoms with E-state index in [1.807, 2.05) is 12.1 Å². The first-order valence-corrected chi connectivity index (χ1v) is 6.57. The fourth-order valence-corrected chi connectivity index (χ4v) is 2.40. The Hall–Kier alpha value is -2.75. The summed E-state index contributed by atoms with van der Waals surface area (Å²) in [5.74, 6) is 1.23. The SMILES string of the molecule is COc1ccc2c(=O)c(-c3ccc(N)cc3)c(C)oc2c1. The summed E-state index contributed by atoms with van der Waals surface area (Å²) in [6, 6.07) is 12.4. The van der Waals surface area contributed by atoms with Crippen LogP contribution in [0.15, 0.2) is 51.7 Å². The standard InChI is InChI=1S/C17H15NO3/c1-10-16(11-3-5-12(18)6-4-11)17(19)14-8-7-13(20-2)9-15(14)21-10/h3-9H,18H2,1-2H3. The number of benzene rings is 2. The number of rotatable bonds is 2. The molecule has 0 saturated carbocycles. The molecule has 0 atom stereocenters. The van der Waals surface area contributed by atoms with Crippen molar-refractivity contribution in [3.8, 4) is 16.9 Å². The lowest BCUT2D eigenvalue weighted by Gasteiger charge is -2.08. The lowest BCUT2D eigenvalue weighted by molar-refractivity contribution is 0.414. The Balaban J connectivity index is 2.29. The smallest absolute Gasteiger partial charge is 0.200 e. The molecule has 2 aromatic carbocycles. The first-order chi connectivity index (χ1) is 10.1. The van der Waals surface area contributed by atoms with E-state index in [0.717, 1.165) is 5.56 Å². The van der Waals surface area contributed by atoms with Gasteiger partial charge in [-0.3, -0.25) is 4.79 Å². The van der Waals surface area contributed by atoms with Crippen LogP contribution in [0.25, 0.3) is 22.1 Å². The summed E-state index contributed by atoms with van der Waals surface area (Å²) in [7, 11) is 1.58. The molecule has 0 fully saturated rings. The van der Waals surface area contributed by atoms with Crippen LogP contribution in [-0.2, 0) is 0 Å². The Morgan fingerprint density at radius 2 is 1.81 bits per heavy atom. The fourth-order valence-electron chi connectivity index (χ4n) is 2.40. The number of fused-ring (bicyclic) bond motifs is 1. The third-order valence-electron chi connectivity index (χ3n) is 3.47. The van der Waals surface area contributed by atoms with E-state index in [-0.39, 0.29) is 5.43 Å². The quantitative estimate of drug-likeness (QED) is 0.731. The monoisotopic (exact) mass is 281 g/mol. The van der Waals surface area contributed by atoms with Crippen molar-refractivity contribution in [3.63, 3.8) is 0 Å². The maximum atomic E-state index is 12.7. The summed E-state index contributed by atoms with van der Waals surface area (Å²) in [6.07, 6.45) is 0. The molecule has 0 saturated heterocycles. The number of nitrogens with two attached hydrogens (primary N) is 1. The van der Waals surface area contributed by atoms with Crippen molar-refractivity contribution in [2.24, 2.45) is 0 Å². The van der Waals surface area contributed by atoms with Crippen molar-refractivity contribution in [1.82, 2.24) is 0 Å². The van der Waals surface area contributed by atoms with Crippen LogP contribution in [0.2, 0.25) is 0 Å². The highest BCUT2D eigenvalue weighted by Crippen LogP contribution is 2.26. The molecule has 0 radical (unpaired) electrons. The highest BCUT2D eigenvalue weighted by Gasteiger charge is 2.13. The molecule has 0 unspecified atom stereocenters. The van der Waals surface area contributed by atoms with Crippen LogP contribution >= 0.6 is 0 Å². The van der Waals surface area contributed by atoms with E-state index in [0.29, 0.717) is 33.7 Å². The molecule has 0 amide bonds. The van der Waals surface area contributed by atoms with Gasteiger partial charge in [-0.25, -0.2) is 0 Å². The predicted octanol–water partition coefficient (Wildman–Crippen LogP) is 3.36. The summed E-state index contributed by atoms with van der Waals surface area (Å²) in [6.45, 7) is 1.78. The minimum atomic E-state index is -0.0545. The Bertz CT molecular complexity index is 864. The maximum Gasteiger partial charge on any atom is 0.200 e. The van der Waals surface area contributed by atoms with Crippen LogP contribution < -0.4 is 15.9 Å². The molecule has 0 aliphatic heterocycles. The number of hydrogen-bond acceptors (Lipinski definition) is 4.